The SMILES string of the molecule is O=c1oc2ccc(-c3ccc(S(=O)(=O)c4ccccc4)cc3)cc2o1. The minimum Gasteiger partial charge on any atom is -0.391 e. The molecule has 4 aromatic rings. The van der Waals surface area contributed by atoms with Crippen LogP contribution in [0.4, 0.5) is 0 Å². The molecule has 1 heterocycles. The summed E-state index contributed by atoms with van der Waals surface area (Å²) in [6.45, 7) is 0. The molecule has 1 aromatic heterocycles. The molecule has 0 saturated heterocycles. The summed E-state index contributed by atoms with van der Waals surface area (Å²) in [5.41, 5.74) is 2.32. The fourth-order valence-corrected chi connectivity index (χ4v) is 3.90. The van der Waals surface area contributed by atoms with Gasteiger partial charge in [-0.1, -0.05) is 36.4 Å². The molecular formula is C19H12O5S. The monoisotopic (exact) mass is 352 g/mol. The number of sulfone groups is 1. The van der Waals surface area contributed by atoms with E-state index in [-0.39, 0.29) is 9.79 Å². The van der Waals surface area contributed by atoms with E-state index in [9.17, 15) is 13.2 Å². The van der Waals surface area contributed by atoms with Crippen molar-refractivity contribution < 1.29 is 17.3 Å². The second kappa shape index (κ2) is 5.75. The minimum atomic E-state index is -3.54. The smallest absolute Gasteiger partial charge is 0.391 e. The lowest BCUT2D eigenvalue weighted by molar-refractivity contribution is 0.409. The van der Waals surface area contributed by atoms with E-state index >= 15 is 0 Å². The summed E-state index contributed by atoms with van der Waals surface area (Å²) in [6, 6.07) is 19.9. The molecule has 0 aliphatic carbocycles. The van der Waals surface area contributed by atoms with Gasteiger partial charge in [0, 0.05) is 0 Å². The maximum atomic E-state index is 12.6. The van der Waals surface area contributed by atoms with Crippen LogP contribution in [0.5, 0.6) is 0 Å². The van der Waals surface area contributed by atoms with Crippen LogP contribution < -0.4 is 5.82 Å². The van der Waals surface area contributed by atoms with Gasteiger partial charge in [0.2, 0.25) is 9.84 Å². The Hall–Kier alpha value is -3.12. The largest absolute Gasteiger partial charge is 0.519 e. The highest BCUT2D eigenvalue weighted by Crippen LogP contribution is 2.27. The highest BCUT2D eigenvalue weighted by molar-refractivity contribution is 7.91. The van der Waals surface area contributed by atoms with E-state index in [4.69, 9.17) is 8.83 Å². The van der Waals surface area contributed by atoms with Gasteiger partial charge in [-0.15, -0.1) is 0 Å². The van der Waals surface area contributed by atoms with Crippen LogP contribution in [0.1, 0.15) is 0 Å². The molecule has 6 heteroatoms. The topological polar surface area (TPSA) is 77.5 Å². The van der Waals surface area contributed by atoms with E-state index in [0.29, 0.717) is 11.2 Å². The van der Waals surface area contributed by atoms with Gasteiger partial charge < -0.3 is 8.83 Å². The zero-order valence-corrected chi connectivity index (χ0v) is 13.7. The molecule has 0 bridgehead atoms. The van der Waals surface area contributed by atoms with Crippen molar-refractivity contribution >= 4 is 21.0 Å². The van der Waals surface area contributed by atoms with Gasteiger partial charge in [-0.3, -0.25) is 0 Å². The van der Waals surface area contributed by atoms with Crippen molar-refractivity contribution in [1.29, 1.82) is 0 Å². The van der Waals surface area contributed by atoms with E-state index in [1.807, 2.05) is 0 Å². The number of benzene rings is 3. The predicted molar refractivity (Wildman–Crippen MR) is 92.1 cm³/mol. The molecule has 3 aromatic carbocycles. The maximum Gasteiger partial charge on any atom is 0.519 e. The third-order valence-corrected chi connectivity index (χ3v) is 5.67. The normalized spacial score (nSPS) is 11.7. The van der Waals surface area contributed by atoms with Crippen LogP contribution in [0.2, 0.25) is 0 Å². The van der Waals surface area contributed by atoms with Crippen LogP contribution in [-0.4, -0.2) is 8.42 Å². The van der Waals surface area contributed by atoms with Crippen LogP contribution in [0.25, 0.3) is 22.3 Å². The molecule has 0 N–H and O–H groups in total. The van der Waals surface area contributed by atoms with Crippen LogP contribution in [0.15, 0.2) is 96.2 Å². The third kappa shape index (κ3) is 2.77. The van der Waals surface area contributed by atoms with Crippen molar-refractivity contribution in [3.63, 3.8) is 0 Å². The summed E-state index contributed by atoms with van der Waals surface area (Å²) in [7, 11) is -3.54. The van der Waals surface area contributed by atoms with Crippen molar-refractivity contribution in [1.82, 2.24) is 0 Å². The minimum absolute atomic E-state index is 0.221. The molecule has 0 fully saturated rings. The van der Waals surface area contributed by atoms with E-state index < -0.39 is 15.7 Å². The number of hydrogen-bond donors (Lipinski definition) is 0. The first-order valence-electron chi connectivity index (χ1n) is 7.48. The van der Waals surface area contributed by atoms with Gasteiger partial charge in [0.15, 0.2) is 11.2 Å². The van der Waals surface area contributed by atoms with E-state index in [1.165, 1.54) is 0 Å². The Morgan fingerprint density at radius 2 is 1.24 bits per heavy atom. The molecule has 0 spiro atoms. The molecule has 0 radical (unpaired) electrons. The Bertz CT molecular complexity index is 1200. The first kappa shape index (κ1) is 15.4. The summed E-state index contributed by atoms with van der Waals surface area (Å²) < 4.78 is 35.0. The maximum absolute atomic E-state index is 12.6. The average Bonchev–Trinajstić information content (AvgIpc) is 3.01. The van der Waals surface area contributed by atoms with Gasteiger partial charge >= 0.3 is 5.82 Å². The van der Waals surface area contributed by atoms with Crippen LogP contribution in [0, 0.1) is 0 Å². The molecule has 0 atom stereocenters. The fraction of sp³-hybridized carbons (Fsp3) is 0. The molecule has 0 aliphatic heterocycles. The van der Waals surface area contributed by atoms with Crippen molar-refractivity contribution in [2.24, 2.45) is 0 Å². The summed E-state index contributed by atoms with van der Waals surface area (Å²) in [5, 5.41) is 0. The second-order valence-electron chi connectivity index (χ2n) is 5.46. The van der Waals surface area contributed by atoms with Crippen molar-refractivity contribution in [3.8, 4) is 11.1 Å². The highest BCUT2D eigenvalue weighted by Gasteiger charge is 2.17. The summed E-state index contributed by atoms with van der Waals surface area (Å²) in [5.74, 6) is -0.753. The molecule has 0 unspecified atom stereocenters. The zero-order valence-electron chi connectivity index (χ0n) is 12.9. The highest BCUT2D eigenvalue weighted by atomic mass is 32.2. The number of fused-ring (bicyclic) bond motifs is 1. The fourth-order valence-electron chi connectivity index (χ4n) is 2.61. The number of rotatable bonds is 3. The lowest BCUT2D eigenvalue weighted by Gasteiger charge is -2.06. The first-order valence-corrected chi connectivity index (χ1v) is 8.97. The summed E-state index contributed by atoms with van der Waals surface area (Å²) >= 11 is 0. The van der Waals surface area contributed by atoms with Gasteiger partial charge in [-0.25, -0.2) is 13.2 Å². The third-order valence-electron chi connectivity index (χ3n) is 3.88. The molecule has 0 amide bonds. The summed E-state index contributed by atoms with van der Waals surface area (Å²) in [4.78, 5) is 11.6. The lowest BCUT2D eigenvalue weighted by Crippen LogP contribution is -2.01. The van der Waals surface area contributed by atoms with Crippen molar-refractivity contribution in [2.45, 2.75) is 9.79 Å². The molecular weight excluding hydrogens is 340 g/mol. The average molecular weight is 352 g/mol. The Morgan fingerprint density at radius 1 is 0.640 bits per heavy atom. The summed E-state index contributed by atoms with van der Waals surface area (Å²) in [6.07, 6.45) is 0. The number of hydrogen-bond acceptors (Lipinski definition) is 5. The lowest BCUT2D eigenvalue weighted by atomic mass is 10.1. The van der Waals surface area contributed by atoms with E-state index in [2.05, 4.69) is 0 Å². The Morgan fingerprint density at radius 3 is 1.96 bits per heavy atom. The standard InChI is InChI=1S/C19H12O5S/c20-19-23-17-11-8-14(12-18(17)24-19)13-6-9-16(10-7-13)25(21,22)15-4-2-1-3-5-15/h1-12H. The second-order valence-corrected chi connectivity index (χ2v) is 7.41. The van der Waals surface area contributed by atoms with Gasteiger partial charge in [-0.05, 0) is 47.5 Å². The Balaban J connectivity index is 1.73. The van der Waals surface area contributed by atoms with Crippen LogP contribution >= 0.6 is 0 Å². The van der Waals surface area contributed by atoms with Gasteiger partial charge in [0.25, 0.3) is 0 Å². The van der Waals surface area contributed by atoms with Gasteiger partial charge in [0.1, 0.15) is 0 Å². The first-order chi connectivity index (χ1) is 12.0. The molecule has 25 heavy (non-hydrogen) atoms. The van der Waals surface area contributed by atoms with E-state index in [0.717, 1.165) is 11.1 Å². The molecule has 124 valence electrons. The van der Waals surface area contributed by atoms with Gasteiger partial charge in [0.05, 0.1) is 9.79 Å². The molecule has 4 rings (SSSR count). The quantitative estimate of drug-likeness (QED) is 0.559. The zero-order chi connectivity index (χ0) is 17.4. The van der Waals surface area contributed by atoms with Crippen LogP contribution in [-0.2, 0) is 9.84 Å². The van der Waals surface area contributed by atoms with Crippen molar-refractivity contribution in [3.05, 3.63) is 83.4 Å². The Labute approximate surface area is 143 Å². The molecule has 0 aliphatic rings. The molecule has 5 nitrogen and oxygen atoms in total. The van der Waals surface area contributed by atoms with Crippen LogP contribution in [0.3, 0.4) is 0 Å². The predicted octanol–water partition coefficient (Wildman–Crippen LogP) is 3.89. The van der Waals surface area contributed by atoms with Crippen molar-refractivity contribution in [2.75, 3.05) is 0 Å². The van der Waals surface area contributed by atoms with Gasteiger partial charge in [-0.2, -0.15) is 0 Å². The Kier molecular flexibility index (Phi) is 3.54. The molecule has 0 saturated carbocycles. The van der Waals surface area contributed by atoms with E-state index in [1.54, 1.807) is 72.8 Å².